The number of hydrogen-bond acceptors (Lipinski definition) is 1. The lowest BCUT2D eigenvalue weighted by Gasteiger charge is -2.42. The first kappa shape index (κ1) is 11.6. The molecule has 1 rings (SSSR count). The van der Waals surface area contributed by atoms with E-state index >= 15 is 0 Å². The third-order valence-electron chi connectivity index (χ3n) is 4.53. The average molecular weight is 191 g/mol. The van der Waals surface area contributed by atoms with Gasteiger partial charge in [-0.2, -0.15) is 0 Å². The van der Waals surface area contributed by atoms with Crippen molar-refractivity contribution in [1.82, 2.24) is 0 Å². The van der Waals surface area contributed by atoms with Gasteiger partial charge >= 0.3 is 0 Å². The van der Waals surface area contributed by atoms with Crippen molar-refractivity contribution in [2.24, 2.45) is 11.3 Å². The molecule has 0 spiro atoms. The van der Waals surface area contributed by atoms with Crippen LogP contribution in [0.15, 0.2) is 0 Å². The summed E-state index contributed by atoms with van der Waals surface area (Å²) in [6.45, 7) is 7.34. The van der Waals surface area contributed by atoms with Gasteiger partial charge in [-0.05, 0) is 11.3 Å². The summed E-state index contributed by atoms with van der Waals surface area (Å²) in [5, 5.41) is 8.88. The van der Waals surface area contributed by atoms with E-state index in [2.05, 4.69) is 26.7 Å². The fourth-order valence-corrected chi connectivity index (χ4v) is 2.95. The molecule has 1 nitrogen and oxygen atoms in total. The predicted octanol–water partition coefficient (Wildman–Crippen LogP) is 3.78. The molecule has 1 fully saturated rings. The van der Waals surface area contributed by atoms with Crippen molar-refractivity contribution in [3.8, 4) is 5.97 Å². The van der Waals surface area contributed by atoms with Crippen molar-refractivity contribution in [3.05, 3.63) is 0 Å². The van der Waals surface area contributed by atoms with Crippen LogP contribution in [0, 0.1) is 22.6 Å². The van der Waals surface area contributed by atoms with Crippen molar-refractivity contribution < 1.29 is 0 Å². The van der Waals surface area contributed by atoms with Gasteiger partial charge in [0.2, 0.25) is 0 Å². The monoisotopic (exact) mass is 191 g/mol. The molecule has 0 aromatic heterocycles. The van der Waals surface area contributed by atoms with Gasteiger partial charge in [0.05, 0.1) is 0 Å². The summed E-state index contributed by atoms with van der Waals surface area (Å²) in [6, 6.07) is 0. The van der Waals surface area contributed by atoms with Crippen LogP contribution in [0.2, 0.25) is 12.6 Å². The minimum absolute atomic E-state index is 0.346. The van der Waals surface area contributed by atoms with Crippen LogP contribution in [0.5, 0.6) is 0 Å². The van der Waals surface area contributed by atoms with Crippen LogP contribution < -0.4 is 0 Å². The summed E-state index contributed by atoms with van der Waals surface area (Å²) in [5.41, 5.74) is 0.558. The van der Waals surface area contributed by atoms with Crippen LogP contribution in [0.4, 0.5) is 0 Å². The summed E-state index contributed by atoms with van der Waals surface area (Å²) >= 11 is 0. The Balaban J connectivity index is 2.62. The van der Waals surface area contributed by atoms with Gasteiger partial charge in [0.25, 0.3) is 6.71 Å². The van der Waals surface area contributed by atoms with E-state index < -0.39 is 0 Å². The Hall–Kier alpha value is -0.445. The fourth-order valence-electron chi connectivity index (χ4n) is 2.95. The molecular weight excluding hydrogens is 169 g/mol. The minimum Gasteiger partial charge on any atom is -0.213 e. The zero-order chi connectivity index (χ0) is 10.6. The molecular formula is C12H22BN. The lowest BCUT2D eigenvalue weighted by molar-refractivity contribution is 0.137. The van der Waals surface area contributed by atoms with Crippen LogP contribution in [0.1, 0.15) is 46.5 Å². The SMILES string of the molecule is CCC(C)C1(CC)CCB(C#N)CC1. The van der Waals surface area contributed by atoms with Gasteiger partial charge in [-0.3, -0.25) is 0 Å². The van der Waals surface area contributed by atoms with Crippen LogP contribution in [-0.4, -0.2) is 6.71 Å². The number of nitriles is 1. The molecule has 0 amide bonds. The molecule has 1 unspecified atom stereocenters. The average Bonchev–Trinajstić information content (AvgIpc) is 2.28. The van der Waals surface area contributed by atoms with Gasteiger partial charge in [-0.25, -0.2) is 5.26 Å². The largest absolute Gasteiger partial charge is 0.267 e. The normalized spacial score (nSPS) is 22.9. The highest BCUT2D eigenvalue weighted by atomic mass is 14.4. The van der Waals surface area contributed by atoms with Gasteiger partial charge < -0.3 is 0 Å². The van der Waals surface area contributed by atoms with Crippen molar-refractivity contribution in [1.29, 1.82) is 5.26 Å². The molecule has 2 heteroatoms. The molecule has 0 aromatic rings. The topological polar surface area (TPSA) is 23.8 Å². The quantitative estimate of drug-likeness (QED) is 0.622. The third-order valence-corrected chi connectivity index (χ3v) is 4.53. The third kappa shape index (κ3) is 2.14. The second-order valence-electron chi connectivity index (χ2n) is 4.93. The highest BCUT2D eigenvalue weighted by molar-refractivity contribution is 6.67. The van der Waals surface area contributed by atoms with Crippen molar-refractivity contribution >= 4 is 6.71 Å². The van der Waals surface area contributed by atoms with Crippen molar-refractivity contribution in [2.45, 2.75) is 59.1 Å². The van der Waals surface area contributed by atoms with E-state index in [1.165, 1.54) is 25.7 Å². The summed E-state index contributed by atoms with van der Waals surface area (Å²) in [7, 11) is 0. The van der Waals surface area contributed by atoms with E-state index in [0.29, 0.717) is 12.1 Å². The maximum absolute atomic E-state index is 8.88. The van der Waals surface area contributed by atoms with Crippen LogP contribution in [0.25, 0.3) is 0 Å². The molecule has 0 aliphatic carbocycles. The van der Waals surface area contributed by atoms with E-state index in [9.17, 15) is 0 Å². The van der Waals surface area contributed by atoms with E-state index in [1.54, 1.807) is 0 Å². The van der Waals surface area contributed by atoms with Crippen LogP contribution in [0.3, 0.4) is 0 Å². The maximum Gasteiger partial charge on any atom is 0.267 e. The molecule has 0 bridgehead atoms. The van der Waals surface area contributed by atoms with Gasteiger partial charge in [0.15, 0.2) is 0 Å². The summed E-state index contributed by atoms with van der Waals surface area (Å²) < 4.78 is 0. The molecule has 1 aliphatic heterocycles. The minimum atomic E-state index is 0.346. The smallest absolute Gasteiger partial charge is 0.213 e. The molecule has 0 aromatic carbocycles. The Kier molecular flexibility index (Phi) is 4.04. The number of rotatable bonds is 3. The van der Waals surface area contributed by atoms with E-state index in [0.717, 1.165) is 18.6 Å². The Labute approximate surface area is 89.0 Å². The molecule has 0 N–H and O–H groups in total. The first-order valence-corrected chi connectivity index (χ1v) is 6.08. The second kappa shape index (κ2) is 4.87. The molecule has 0 radical (unpaired) electrons. The summed E-state index contributed by atoms with van der Waals surface area (Å²) in [4.78, 5) is 0. The van der Waals surface area contributed by atoms with Gasteiger partial charge in [-0.15, -0.1) is 0 Å². The molecule has 1 atom stereocenters. The highest BCUT2D eigenvalue weighted by Gasteiger charge is 2.38. The highest BCUT2D eigenvalue weighted by Crippen LogP contribution is 2.46. The first-order valence-electron chi connectivity index (χ1n) is 6.08. The van der Waals surface area contributed by atoms with Gasteiger partial charge in [0.1, 0.15) is 0 Å². The maximum atomic E-state index is 8.88. The predicted molar refractivity (Wildman–Crippen MR) is 62.4 cm³/mol. The van der Waals surface area contributed by atoms with Crippen LogP contribution >= 0.6 is 0 Å². The fraction of sp³-hybridized carbons (Fsp3) is 0.917. The van der Waals surface area contributed by atoms with Gasteiger partial charge in [0, 0.05) is 5.97 Å². The Bertz CT molecular complexity index is 211. The molecule has 78 valence electrons. The zero-order valence-corrected chi connectivity index (χ0v) is 9.84. The van der Waals surface area contributed by atoms with Gasteiger partial charge in [-0.1, -0.05) is 59.1 Å². The summed E-state index contributed by atoms with van der Waals surface area (Å²) in [5.74, 6) is 3.25. The Morgan fingerprint density at radius 2 is 1.93 bits per heavy atom. The number of nitrogens with zero attached hydrogens (tertiary/aromatic N) is 1. The van der Waals surface area contributed by atoms with E-state index in [1.807, 2.05) is 0 Å². The second-order valence-corrected chi connectivity index (χ2v) is 4.93. The number of hydrogen-bond donors (Lipinski definition) is 0. The first-order chi connectivity index (χ1) is 6.68. The lowest BCUT2D eigenvalue weighted by atomic mass is 9.38. The van der Waals surface area contributed by atoms with E-state index in [4.69, 9.17) is 5.26 Å². The van der Waals surface area contributed by atoms with Crippen molar-refractivity contribution in [3.63, 3.8) is 0 Å². The van der Waals surface area contributed by atoms with E-state index in [-0.39, 0.29) is 0 Å². The van der Waals surface area contributed by atoms with Crippen molar-refractivity contribution in [2.75, 3.05) is 0 Å². The Morgan fingerprint density at radius 1 is 1.36 bits per heavy atom. The summed E-state index contributed by atoms with van der Waals surface area (Å²) in [6.07, 6.45) is 7.39. The molecule has 1 heterocycles. The molecule has 0 saturated carbocycles. The molecule has 1 saturated heterocycles. The zero-order valence-electron chi connectivity index (χ0n) is 9.84. The Morgan fingerprint density at radius 3 is 2.29 bits per heavy atom. The standard InChI is InChI=1S/C12H22BN/c1-4-11(3)12(5-2)6-8-13(10-14)9-7-12/h11H,4-9H2,1-3H3. The lowest BCUT2D eigenvalue weighted by Crippen LogP contribution is -2.35. The molecule has 14 heavy (non-hydrogen) atoms. The van der Waals surface area contributed by atoms with Crippen LogP contribution in [-0.2, 0) is 0 Å². The molecule has 1 aliphatic rings.